The zero-order valence-corrected chi connectivity index (χ0v) is 8.97. The zero-order chi connectivity index (χ0) is 11.5. The molecule has 6 nitrogen and oxygen atoms in total. The van der Waals surface area contributed by atoms with Crippen molar-refractivity contribution in [1.82, 2.24) is 10.3 Å². The van der Waals surface area contributed by atoms with Crippen molar-refractivity contribution in [2.24, 2.45) is 0 Å². The van der Waals surface area contributed by atoms with Gasteiger partial charge in [0.25, 0.3) is 5.91 Å². The SMILES string of the molecule is Cc1ncoc1C(=O)N[C@@H]1CCOC[C@H]1O. The maximum Gasteiger partial charge on any atom is 0.289 e. The van der Waals surface area contributed by atoms with Crippen molar-refractivity contribution in [3.8, 4) is 0 Å². The lowest BCUT2D eigenvalue weighted by Gasteiger charge is -2.28. The van der Waals surface area contributed by atoms with E-state index in [-0.39, 0.29) is 24.3 Å². The van der Waals surface area contributed by atoms with E-state index >= 15 is 0 Å². The Hall–Kier alpha value is -1.40. The number of carbonyl (C=O) groups is 1. The quantitative estimate of drug-likeness (QED) is 0.733. The van der Waals surface area contributed by atoms with Crippen LogP contribution in [0, 0.1) is 6.92 Å². The van der Waals surface area contributed by atoms with E-state index in [9.17, 15) is 9.90 Å². The molecule has 2 N–H and O–H groups in total. The third-order valence-corrected chi connectivity index (χ3v) is 2.59. The van der Waals surface area contributed by atoms with Gasteiger partial charge in [0.15, 0.2) is 6.39 Å². The van der Waals surface area contributed by atoms with Crippen LogP contribution in [0.25, 0.3) is 0 Å². The van der Waals surface area contributed by atoms with Gasteiger partial charge >= 0.3 is 0 Å². The minimum absolute atomic E-state index is 0.193. The Bertz CT molecular complexity index is 377. The van der Waals surface area contributed by atoms with Crippen molar-refractivity contribution in [2.45, 2.75) is 25.5 Å². The molecule has 88 valence electrons. The minimum atomic E-state index is -0.666. The molecule has 16 heavy (non-hydrogen) atoms. The van der Waals surface area contributed by atoms with Gasteiger partial charge in [-0.05, 0) is 13.3 Å². The molecule has 0 saturated carbocycles. The number of hydrogen-bond donors (Lipinski definition) is 2. The topological polar surface area (TPSA) is 84.6 Å². The van der Waals surface area contributed by atoms with Crippen molar-refractivity contribution in [3.63, 3.8) is 0 Å². The molecule has 1 aliphatic rings. The van der Waals surface area contributed by atoms with Crippen LogP contribution < -0.4 is 5.32 Å². The number of amides is 1. The van der Waals surface area contributed by atoms with Crippen molar-refractivity contribution >= 4 is 5.91 Å². The average molecular weight is 226 g/mol. The molecule has 2 rings (SSSR count). The molecule has 1 saturated heterocycles. The Morgan fingerprint density at radius 1 is 1.69 bits per heavy atom. The molecule has 2 atom stereocenters. The van der Waals surface area contributed by atoms with Crippen LogP contribution in [0.15, 0.2) is 10.8 Å². The van der Waals surface area contributed by atoms with Gasteiger partial charge in [0, 0.05) is 6.61 Å². The monoisotopic (exact) mass is 226 g/mol. The maximum atomic E-state index is 11.7. The number of nitrogens with one attached hydrogen (secondary N) is 1. The van der Waals surface area contributed by atoms with Gasteiger partial charge in [-0.2, -0.15) is 0 Å². The molecule has 0 aromatic carbocycles. The average Bonchev–Trinajstić information content (AvgIpc) is 2.68. The van der Waals surface area contributed by atoms with Gasteiger partial charge in [0.2, 0.25) is 5.76 Å². The highest BCUT2D eigenvalue weighted by atomic mass is 16.5. The third kappa shape index (κ3) is 2.23. The lowest BCUT2D eigenvalue weighted by molar-refractivity contribution is -0.0262. The summed E-state index contributed by atoms with van der Waals surface area (Å²) in [7, 11) is 0. The molecular formula is C10H14N2O4. The van der Waals surface area contributed by atoms with Gasteiger partial charge in [-0.25, -0.2) is 4.98 Å². The minimum Gasteiger partial charge on any atom is -0.438 e. The van der Waals surface area contributed by atoms with E-state index in [1.165, 1.54) is 6.39 Å². The number of aromatic nitrogens is 1. The van der Waals surface area contributed by atoms with Crippen molar-refractivity contribution < 1.29 is 19.1 Å². The van der Waals surface area contributed by atoms with Crippen LogP contribution in [-0.2, 0) is 4.74 Å². The second-order valence-corrected chi connectivity index (χ2v) is 3.78. The number of hydrogen-bond acceptors (Lipinski definition) is 5. The van der Waals surface area contributed by atoms with E-state index in [0.717, 1.165) is 0 Å². The van der Waals surface area contributed by atoms with E-state index in [4.69, 9.17) is 9.15 Å². The zero-order valence-electron chi connectivity index (χ0n) is 8.97. The number of aliphatic hydroxyl groups excluding tert-OH is 1. The fourth-order valence-electron chi connectivity index (χ4n) is 1.65. The lowest BCUT2D eigenvalue weighted by Crippen LogP contribution is -2.48. The van der Waals surface area contributed by atoms with Gasteiger partial charge in [-0.3, -0.25) is 4.79 Å². The van der Waals surface area contributed by atoms with Crippen LogP contribution in [0.5, 0.6) is 0 Å². The molecule has 0 spiro atoms. The normalized spacial score (nSPS) is 25.4. The van der Waals surface area contributed by atoms with E-state index in [0.29, 0.717) is 18.7 Å². The van der Waals surface area contributed by atoms with Gasteiger partial charge in [-0.1, -0.05) is 0 Å². The van der Waals surface area contributed by atoms with Gasteiger partial charge in [0.1, 0.15) is 0 Å². The second-order valence-electron chi connectivity index (χ2n) is 3.78. The second kappa shape index (κ2) is 4.63. The van der Waals surface area contributed by atoms with Crippen LogP contribution in [0.1, 0.15) is 22.7 Å². The van der Waals surface area contributed by atoms with Crippen molar-refractivity contribution in [2.75, 3.05) is 13.2 Å². The Balaban J connectivity index is 1.99. The molecule has 2 heterocycles. The molecule has 0 bridgehead atoms. The lowest BCUT2D eigenvalue weighted by atomic mass is 10.1. The number of ether oxygens (including phenoxy) is 1. The Kier molecular flexibility index (Phi) is 3.21. The van der Waals surface area contributed by atoms with E-state index in [1.807, 2.05) is 0 Å². The number of aliphatic hydroxyl groups is 1. The standard InChI is InChI=1S/C10H14N2O4/c1-6-9(16-5-11-6)10(14)12-7-2-3-15-4-8(7)13/h5,7-8,13H,2-4H2,1H3,(H,12,14)/t7-,8-/m1/s1. The predicted octanol–water partition coefficient (Wildman–Crippen LogP) is -0.137. The summed E-state index contributed by atoms with van der Waals surface area (Å²) in [6.45, 7) is 2.48. The maximum absolute atomic E-state index is 11.7. The molecular weight excluding hydrogens is 212 g/mol. The van der Waals surface area contributed by atoms with Crippen LogP contribution in [0.4, 0.5) is 0 Å². The highest BCUT2D eigenvalue weighted by Gasteiger charge is 2.27. The fraction of sp³-hybridized carbons (Fsp3) is 0.600. The number of carbonyl (C=O) groups excluding carboxylic acids is 1. The Morgan fingerprint density at radius 2 is 2.50 bits per heavy atom. The van der Waals surface area contributed by atoms with Crippen LogP contribution in [0.3, 0.4) is 0 Å². The van der Waals surface area contributed by atoms with Crippen LogP contribution in [-0.4, -0.2) is 41.4 Å². The first-order valence-electron chi connectivity index (χ1n) is 5.15. The Labute approximate surface area is 92.6 Å². The predicted molar refractivity (Wildman–Crippen MR) is 53.9 cm³/mol. The summed E-state index contributed by atoms with van der Waals surface area (Å²) in [5.41, 5.74) is 0.541. The van der Waals surface area contributed by atoms with Gasteiger partial charge in [-0.15, -0.1) is 0 Å². The molecule has 1 amide bonds. The van der Waals surface area contributed by atoms with E-state index < -0.39 is 6.10 Å². The number of nitrogens with zero attached hydrogens (tertiary/aromatic N) is 1. The summed E-state index contributed by atoms with van der Waals surface area (Å²) < 4.78 is 10.0. The van der Waals surface area contributed by atoms with Crippen LogP contribution in [0.2, 0.25) is 0 Å². The molecule has 1 aromatic rings. The van der Waals surface area contributed by atoms with Gasteiger partial charge < -0.3 is 19.6 Å². The molecule has 0 unspecified atom stereocenters. The van der Waals surface area contributed by atoms with Crippen molar-refractivity contribution in [3.05, 3.63) is 17.8 Å². The molecule has 0 radical (unpaired) electrons. The van der Waals surface area contributed by atoms with E-state index in [1.54, 1.807) is 6.92 Å². The molecule has 6 heteroatoms. The molecule has 1 fully saturated rings. The highest BCUT2D eigenvalue weighted by Crippen LogP contribution is 2.10. The first-order valence-corrected chi connectivity index (χ1v) is 5.15. The van der Waals surface area contributed by atoms with Gasteiger partial charge in [0.05, 0.1) is 24.4 Å². The third-order valence-electron chi connectivity index (χ3n) is 2.59. The number of rotatable bonds is 2. The first kappa shape index (κ1) is 11.1. The molecule has 1 aliphatic heterocycles. The van der Waals surface area contributed by atoms with Crippen molar-refractivity contribution in [1.29, 1.82) is 0 Å². The highest BCUT2D eigenvalue weighted by molar-refractivity contribution is 5.92. The molecule has 0 aliphatic carbocycles. The van der Waals surface area contributed by atoms with E-state index in [2.05, 4.69) is 10.3 Å². The first-order chi connectivity index (χ1) is 7.68. The largest absolute Gasteiger partial charge is 0.438 e. The van der Waals surface area contributed by atoms with Crippen LogP contribution >= 0.6 is 0 Å². The summed E-state index contributed by atoms with van der Waals surface area (Å²) >= 11 is 0. The smallest absolute Gasteiger partial charge is 0.289 e. The number of oxazole rings is 1. The summed E-state index contributed by atoms with van der Waals surface area (Å²) in [5.74, 6) is -0.153. The fourth-order valence-corrected chi connectivity index (χ4v) is 1.65. The number of aryl methyl sites for hydroxylation is 1. The Morgan fingerprint density at radius 3 is 3.12 bits per heavy atom. The summed E-state index contributed by atoms with van der Waals surface area (Å²) in [6.07, 6.45) is 1.16. The summed E-state index contributed by atoms with van der Waals surface area (Å²) in [5, 5.41) is 12.3. The summed E-state index contributed by atoms with van der Waals surface area (Å²) in [6, 6.07) is -0.286. The molecule has 1 aromatic heterocycles. The summed E-state index contributed by atoms with van der Waals surface area (Å²) in [4.78, 5) is 15.6.